The van der Waals surface area contributed by atoms with Gasteiger partial charge in [-0.1, -0.05) is 23.8 Å². The topological polar surface area (TPSA) is 123 Å². The Labute approximate surface area is 198 Å². The second kappa shape index (κ2) is 13.2. The molecule has 0 spiro atoms. The fourth-order valence-corrected chi connectivity index (χ4v) is 2.91. The lowest BCUT2D eigenvalue weighted by molar-refractivity contribution is -0.136. The molecule has 1 aliphatic rings. The van der Waals surface area contributed by atoms with Crippen LogP contribution in [0.3, 0.4) is 0 Å². The highest BCUT2D eigenvalue weighted by Gasteiger charge is 2.26. The van der Waals surface area contributed by atoms with Gasteiger partial charge in [-0.05, 0) is 57.9 Å². The predicted octanol–water partition coefficient (Wildman–Crippen LogP) is 2.71. The van der Waals surface area contributed by atoms with Crippen LogP contribution >= 0.6 is 23.8 Å². The largest absolute Gasteiger partial charge is 0.444 e. The molecule has 32 heavy (non-hydrogen) atoms. The van der Waals surface area contributed by atoms with Crippen LogP contribution in [0.4, 0.5) is 10.5 Å². The van der Waals surface area contributed by atoms with Gasteiger partial charge in [-0.15, -0.1) is 0 Å². The van der Waals surface area contributed by atoms with E-state index in [9.17, 15) is 14.4 Å². The van der Waals surface area contributed by atoms with E-state index in [1.807, 2.05) is 20.8 Å². The monoisotopic (exact) mass is 486 g/mol. The molecule has 0 radical (unpaired) electrons. The number of nitrogens with two attached hydrogens (primary N) is 1. The first-order valence-electron chi connectivity index (χ1n) is 10.0. The molecule has 9 nitrogen and oxygen atoms in total. The van der Waals surface area contributed by atoms with Crippen molar-refractivity contribution < 1.29 is 23.9 Å². The highest BCUT2D eigenvalue weighted by Crippen LogP contribution is 2.13. The third-order valence-corrected chi connectivity index (χ3v) is 4.53. The van der Waals surface area contributed by atoms with E-state index in [2.05, 4.69) is 22.9 Å². The molecular weight excluding hydrogens is 456 g/mol. The first-order chi connectivity index (χ1) is 14.9. The summed E-state index contributed by atoms with van der Waals surface area (Å²) in [6.07, 6.45) is 1.30. The maximum absolute atomic E-state index is 11.7. The number of hydrogen-bond acceptors (Lipinski definition) is 6. The lowest BCUT2D eigenvalue weighted by atomic mass is 10.1. The summed E-state index contributed by atoms with van der Waals surface area (Å²) in [6.45, 7) is 6.78. The number of ether oxygens (including phenoxy) is 2. The molecule has 1 aliphatic heterocycles. The van der Waals surface area contributed by atoms with Gasteiger partial charge in [-0.3, -0.25) is 9.59 Å². The molecule has 0 bridgehead atoms. The van der Waals surface area contributed by atoms with Crippen molar-refractivity contribution in [2.24, 2.45) is 5.73 Å². The van der Waals surface area contributed by atoms with Gasteiger partial charge in [0.2, 0.25) is 5.91 Å². The number of benzene rings is 1. The third-order valence-electron chi connectivity index (χ3n) is 4.09. The lowest BCUT2D eigenvalue weighted by Crippen LogP contribution is -2.51. The third kappa shape index (κ3) is 11.3. The van der Waals surface area contributed by atoms with Crippen molar-refractivity contribution in [1.82, 2.24) is 10.2 Å². The number of carbonyl (C=O) groups excluding carboxylic acids is 3. The van der Waals surface area contributed by atoms with Gasteiger partial charge < -0.3 is 30.7 Å². The molecule has 1 fully saturated rings. The Bertz CT molecular complexity index is 798. The van der Waals surface area contributed by atoms with Crippen molar-refractivity contribution in [3.8, 4) is 0 Å². The quantitative estimate of drug-likeness (QED) is 0.559. The number of nitrogens with one attached hydrogen (secondary N) is 2. The van der Waals surface area contributed by atoms with E-state index in [1.165, 1.54) is 7.11 Å². The van der Waals surface area contributed by atoms with E-state index < -0.39 is 17.6 Å². The summed E-state index contributed by atoms with van der Waals surface area (Å²) < 4.78 is 10.0. The minimum Gasteiger partial charge on any atom is -0.444 e. The zero-order valence-electron chi connectivity index (χ0n) is 18.8. The van der Waals surface area contributed by atoms with Crippen molar-refractivity contribution >= 4 is 52.4 Å². The minimum atomic E-state index is -0.510. The predicted molar refractivity (Wildman–Crippen MR) is 128 cm³/mol. The van der Waals surface area contributed by atoms with Gasteiger partial charge in [0, 0.05) is 37.0 Å². The molecule has 2 rings (SSSR count). The number of amides is 3. The number of piperidine rings is 1. The number of alkyl carbamates (subject to hydrolysis) is 1. The molecule has 1 aromatic rings. The summed E-state index contributed by atoms with van der Waals surface area (Å²) in [4.78, 5) is 35.9. The number of halogens is 1. The summed E-state index contributed by atoms with van der Waals surface area (Å²) in [5, 5.41) is 5.92. The molecule has 1 heterocycles. The SMILES string of the molecule is COCC(=O)N1CCCC(NC(=O)OC(C)(C)C)C1.NC(=S)C(=O)Nc1ccc(Cl)cc1. The normalized spacial score (nSPS) is 15.7. The molecule has 1 aromatic carbocycles. The van der Waals surface area contributed by atoms with E-state index in [0.717, 1.165) is 12.8 Å². The van der Waals surface area contributed by atoms with Crippen molar-refractivity contribution in [2.45, 2.75) is 45.3 Å². The molecular formula is C21H31ClN4O5S. The Morgan fingerprint density at radius 2 is 1.88 bits per heavy atom. The van der Waals surface area contributed by atoms with E-state index in [0.29, 0.717) is 23.8 Å². The Hall–Kier alpha value is -2.43. The van der Waals surface area contributed by atoms with Crippen LogP contribution in [0, 0.1) is 0 Å². The summed E-state index contributed by atoms with van der Waals surface area (Å²) in [5.74, 6) is -0.518. The minimum absolute atomic E-state index is 0.0433. The molecule has 3 amide bonds. The zero-order chi connectivity index (χ0) is 24.3. The molecule has 4 N–H and O–H groups in total. The Morgan fingerprint density at radius 3 is 2.41 bits per heavy atom. The standard InChI is InChI=1S/C13H24N2O4.C8H7ClN2OS/c1-13(2,3)19-12(17)14-10-6-5-7-15(8-10)11(16)9-18-4;9-5-1-3-6(4-2-5)11-8(12)7(10)13/h10H,5-9H2,1-4H3,(H,14,17);1-4H,(H2,10,13)(H,11,12). The maximum atomic E-state index is 11.7. The van der Waals surface area contributed by atoms with Crippen molar-refractivity contribution in [3.63, 3.8) is 0 Å². The van der Waals surface area contributed by atoms with Crippen molar-refractivity contribution in [1.29, 1.82) is 0 Å². The average molecular weight is 487 g/mol. The van der Waals surface area contributed by atoms with Gasteiger partial charge in [-0.25, -0.2) is 4.79 Å². The summed E-state index contributed by atoms with van der Waals surface area (Å²) in [5.41, 5.74) is 5.21. The van der Waals surface area contributed by atoms with Crippen LogP contribution in [0.15, 0.2) is 24.3 Å². The van der Waals surface area contributed by atoms with E-state index >= 15 is 0 Å². The fraction of sp³-hybridized carbons (Fsp3) is 0.524. The number of methoxy groups -OCH3 is 1. The molecule has 0 saturated carbocycles. The second-order valence-electron chi connectivity index (χ2n) is 8.08. The molecule has 178 valence electrons. The van der Waals surface area contributed by atoms with E-state index in [-0.39, 0.29) is 23.5 Å². The van der Waals surface area contributed by atoms with Crippen LogP contribution in [0.25, 0.3) is 0 Å². The maximum Gasteiger partial charge on any atom is 0.407 e. The number of hydrogen-bond donors (Lipinski definition) is 3. The first-order valence-corrected chi connectivity index (χ1v) is 10.8. The zero-order valence-corrected chi connectivity index (χ0v) is 20.3. The first kappa shape index (κ1) is 27.6. The van der Waals surface area contributed by atoms with Gasteiger partial charge >= 0.3 is 6.09 Å². The molecule has 0 aromatic heterocycles. The Balaban J connectivity index is 0.000000343. The number of thiocarbonyl (C=S) groups is 1. The van der Waals surface area contributed by atoms with Crippen LogP contribution in [0.5, 0.6) is 0 Å². The number of likely N-dealkylation sites (tertiary alicyclic amines) is 1. The van der Waals surface area contributed by atoms with Crippen LogP contribution in [0.1, 0.15) is 33.6 Å². The van der Waals surface area contributed by atoms with Gasteiger partial charge in [0.1, 0.15) is 12.2 Å². The van der Waals surface area contributed by atoms with Crippen molar-refractivity contribution in [2.75, 3.05) is 32.1 Å². The van der Waals surface area contributed by atoms with Gasteiger partial charge in [0.15, 0.2) is 4.99 Å². The summed E-state index contributed by atoms with van der Waals surface area (Å²) in [6, 6.07) is 6.61. The molecule has 11 heteroatoms. The summed E-state index contributed by atoms with van der Waals surface area (Å²) >= 11 is 10.1. The van der Waals surface area contributed by atoms with Gasteiger partial charge in [-0.2, -0.15) is 0 Å². The van der Waals surface area contributed by atoms with E-state index in [1.54, 1.807) is 29.2 Å². The smallest absolute Gasteiger partial charge is 0.407 e. The van der Waals surface area contributed by atoms with E-state index in [4.69, 9.17) is 26.8 Å². The van der Waals surface area contributed by atoms with Crippen LogP contribution < -0.4 is 16.4 Å². The second-order valence-corrected chi connectivity index (χ2v) is 8.96. The molecule has 0 aliphatic carbocycles. The molecule has 1 saturated heterocycles. The Kier molecular flexibility index (Phi) is 11.4. The molecule has 1 unspecified atom stereocenters. The van der Waals surface area contributed by atoms with Gasteiger partial charge in [0.05, 0.1) is 0 Å². The lowest BCUT2D eigenvalue weighted by Gasteiger charge is -2.33. The average Bonchev–Trinajstić information content (AvgIpc) is 2.69. The van der Waals surface area contributed by atoms with Crippen LogP contribution in [0.2, 0.25) is 5.02 Å². The molecule has 1 atom stereocenters. The number of nitrogens with zero attached hydrogens (tertiary/aromatic N) is 1. The van der Waals surface area contributed by atoms with Crippen molar-refractivity contribution in [3.05, 3.63) is 29.3 Å². The van der Waals surface area contributed by atoms with Gasteiger partial charge in [0.25, 0.3) is 5.91 Å². The highest BCUT2D eigenvalue weighted by molar-refractivity contribution is 7.82. The number of anilines is 1. The van der Waals surface area contributed by atoms with Crippen LogP contribution in [-0.2, 0) is 19.1 Å². The Morgan fingerprint density at radius 1 is 1.25 bits per heavy atom. The number of rotatable bonds is 4. The fourth-order valence-electron chi connectivity index (χ4n) is 2.74. The highest BCUT2D eigenvalue weighted by atomic mass is 35.5. The summed E-state index contributed by atoms with van der Waals surface area (Å²) in [7, 11) is 1.50. The van der Waals surface area contributed by atoms with Crippen LogP contribution in [-0.4, -0.2) is 66.2 Å². The number of carbonyl (C=O) groups is 3.